The molecule has 2 saturated carbocycles. The van der Waals surface area contributed by atoms with Gasteiger partial charge in [0, 0.05) is 12.0 Å². The molecule has 0 aromatic heterocycles. The van der Waals surface area contributed by atoms with Gasteiger partial charge in [0.05, 0.1) is 11.5 Å². The molecule has 1 aliphatic heterocycles. The molecule has 4 heteroatoms. The number of ether oxygens (including phenoxy) is 1. The molecule has 0 saturated heterocycles. The largest absolute Gasteiger partial charge is 0.461 e. The number of carbonyl (C=O) groups is 2. The molecule has 1 spiro atoms. The van der Waals surface area contributed by atoms with Crippen LogP contribution in [0, 0.1) is 22.7 Å². The smallest absolute Gasteiger partial charge is 0.334 e. The van der Waals surface area contributed by atoms with Crippen molar-refractivity contribution in [2.45, 2.75) is 64.9 Å². The highest BCUT2D eigenvalue weighted by Gasteiger charge is 2.60. The molecule has 1 N–H and O–H groups in total. The van der Waals surface area contributed by atoms with Gasteiger partial charge in [0.25, 0.3) is 0 Å². The van der Waals surface area contributed by atoms with Crippen molar-refractivity contribution >= 4 is 11.8 Å². The second kappa shape index (κ2) is 5.54. The summed E-state index contributed by atoms with van der Waals surface area (Å²) in [5.74, 6) is 0.0568. The molecular weight excluding hydrogens is 316 g/mol. The van der Waals surface area contributed by atoms with Crippen molar-refractivity contribution in [3.8, 4) is 0 Å². The molecule has 5 aliphatic rings. The second-order valence-electron chi connectivity index (χ2n) is 9.10. The van der Waals surface area contributed by atoms with Crippen molar-refractivity contribution in [1.82, 2.24) is 0 Å². The zero-order chi connectivity index (χ0) is 18.0. The second-order valence-corrected chi connectivity index (χ2v) is 9.10. The van der Waals surface area contributed by atoms with E-state index in [-0.39, 0.29) is 35.6 Å². The van der Waals surface area contributed by atoms with Gasteiger partial charge in [-0.15, -0.1) is 0 Å². The molecule has 2 fully saturated rings. The van der Waals surface area contributed by atoms with E-state index in [1.54, 1.807) is 0 Å². The highest BCUT2D eigenvalue weighted by Crippen LogP contribution is 2.61. The van der Waals surface area contributed by atoms with Crippen LogP contribution in [0.15, 0.2) is 23.3 Å². The third-order valence-electron chi connectivity index (χ3n) is 7.54. The average Bonchev–Trinajstić information content (AvgIpc) is 2.59. The predicted octanol–water partition coefficient (Wildman–Crippen LogP) is 3.34. The zero-order valence-electron chi connectivity index (χ0n) is 15.3. The van der Waals surface area contributed by atoms with E-state index >= 15 is 0 Å². The number of rotatable bonds is 0. The van der Waals surface area contributed by atoms with E-state index in [1.165, 1.54) is 0 Å². The lowest BCUT2D eigenvalue weighted by Gasteiger charge is -2.58. The van der Waals surface area contributed by atoms with E-state index < -0.39 is 11.5 Å². The summed E-state index contributed by atoms with van der Waals surface area (Å²) in [5.41, 5.74) is 2.02. The molecule has 0 amide bonds. The molecule has 0 radical (unpaired) electrons. The lowest BCUT2D eigenvalue weighted by atomic mass is 9.48. The summed E-state index contributed by atoms with van der Waals surface area (Å²) in [6, 6.07) is 0. The van der Waals surface area contributed by atoms with Gasteiger partial charge in [0.1, 0.15) is 6.61 Å². The predicted molar refractivity (Wildman–Crippen MR) is 93.7 cm³/mol. The summed E-state index contributed by atoms with van der Waals surface area (Å²) in [4.78, 5) is 25.2. The Labute approximate surface area is 149 Å². The third kappa shape index (κ3) is 2.29. The molecule has 1 heterocycles. The Morgan fingerprint density at radius 3 is 2.68 bits per heavy atom. The first-order valence-corrected chi connectivity index (χ1v) is 9.57. The molecule has 1 unspecified atom stereocenters. The van der Waals surface area contributed by atoms with Gasteiger partial charge in [-0.3, -0.25) is 4.79 Å². The quantitative estimate of drug-likeness (QED) is 0.541. The van der Waals surface area contributed by atoms with Gasteiger partial charge in [0.2, 0.25) is 0 Å². The Kier molecular flexibility index (Phi) is 3.77. The van der Waals surface area contributed by atoms with Crippen LogP contribution in [0.1, 0.15) is 58.8 Å². The number of cyclic esters (lactones) is 1. The summed E-state index contributed by atoms with van der Waals surface area (Å²) >= 11 is 0. The molecular formula is C21H28O4. The Morgan fingerprint density at radius 1 is 1.16 bits per heavy atom. The fourth-order valence-corrected chi connectivity index (χ4v) is 6.11. The SMILES string of the molecule is C=C1C(=O)CC[C@@H]2C(C)(C)CCC(O)[C@]23COC(=O)C2=C3CC[C@@H]1C2. The molecule has 4 bridgehead atoms. The summed E-state index contributed by atoms with van der Waals surface area (Å²) in [6.07, 6.45) is 4.51. The summed E-state index contributed by atoms with van der Waals surface area (Å²) < 4.78 is 5.64. The van der Waals surface area contributed by atoms with E-state index in [0.29, 0.717) is 18.4 Å². The monoisotopic (exact) mass is 344 g/mol. The number of esters is 1. The van der Waals surface area contributed by atoms with Gasteiger partial charge in [-0.2, -0.15) is 0 Å². The fraction of sp³-hybridized carbons (Fsp3) is 0.714. The van der Waals surface area contributed by atoms with Crippen molar-refractivity contribution < 1.29 is 19.4 Å². The number of aliphatic hydroxyl groups excluding tert-OH is 1. The zero-order valence-corrected chi connectivity index (χ0v) is 15.3. The van der Waals surface area contributed by atoms with Crippen LogP contribution < -0.4 is 0 Å². The maximum Gasteiger partial charge on any atom is 0.334 e. The number of fused-ring (bicyclic) bond motifs is 4. The van der Waals surface area contributed by atoms with E-state index in [9.17, 15) is 14.7 Å². The Bertz CT molecular complexity index is 686. The van der Waals surface area contributed by atoms with Gasteiger partial charge < -0.3 is 9.84 Å². The first-order valence-electron chi connectivity index (χ1n) is 9.57. The molecule has 4 atom stereocenters. The lowest BCUT2D eigenvalue weighted by molar-refractivity contribution is -0.166. The van der Waals surface area contributed by atoms with Crippen LogP contribution in [0.25, 0.3) is 0 Å². The summed E-state index contributed by atoms with van der Waals surface area (Å²) in [7, 11) is 0. The minimum Gasteiger partial charge on any atom is -0.461 e. The summed E-state index contributed by atoms with van der Waals surface area (Å²) in [6.45, 7) is 8.79. The van der Waals surface area contributed by atoms with E-state index in [0.717, 1.165) is 43.3 Å². The van der Waals surface area contributed by atoms with Gasteiger partial charge >= 0.3 is 5.97 Å². The molecule has 25 heavy (non-hydrogen) atoms. The molecule has 136 valence electrons. The van der Waals surface area contributed by atoms with E-state index in [2.05, 4.69) is 20.4 Å². The maximum atomic E-state index is 12.7. The van der Waals surface area contributed by atoms with Crippen LogP contribution in [0.5, 0.6) is 0 Å². The fourth-order valence-electron chi connectivity index (χ4n) is 6.11. The number of carbonyl (C=O) groups excluding carboxylic acids is 2. The summed E-state index contributed by atoms with van der Waals surface area (Å²) in [5, 5.41) is 11.1. The van der Waals surface area contributed by atoms with Crippen molar-refractivity contribution in [2.24, 2.45) is 22.7 Å². The van der Waals surface area contributed by atoms with Crippen molar-refractivity contribution in [1.29, 1.82) is 0 Å². The van der Waals surface area contributed by atoms with Crippen molar-refractivity contribution in [3.63, 3.8) is 0 Å². The van der Waals surface area contributed by atoms with E-state index in [4.69, 9.17) is 4.74 Å². The topological polar surface area (TPSA) is 63.6 Å². The van der Waals surface area contributed by atoms with Crippen LogP contribution in [0.3, 0.4) is 0 Å². The van der Waals surface area contributed by atoms with Gasteiger partial charge in [-0.05, 0) is 66.9 Å². The molecule has 4 aliphatic carbocycles. The van der Waals surface area contributed by atoms with Crippen LogP contribution in [0.2, 0.25) is 0 Å². The highest BCUT2D eigenvalue weighted by atomic mass is 16.5. The minimum atomic E-state index is -0.505. The van der Waals surface area contributed by atoms with Crippen LogP contribution in [-0.2, 0) is 14.3 Å². The number of aliphatic hydroxyl groups is 1. The minimum absolute atomic E-state index is 0.00124. The van der Waals surface area contributed by atoms with Crippen LogP contribution >= 0.6 is 0 Å². The van der Waals surface area contributed by atoms with Crippen LogP contribution in [0.4, 0.5) is 0 Å². The number of hydrogen-bond donors (Lipinski definition) is 1. The number of allylic oxidation sites excluding steroid dienone is 1. The molecule has 4 nitrogen and oxygen atoms in total. The number of Topliss-reactive ketones (excluding diaryl/α,β-unsaturated/α-hetero) is 1. The first kappa shape index (κ1) is 17.0. The maximum absolute atomic E-state index is 12.7. The first-order chi connectivity index (χ1) is 11.8. The van der Waals surface area contributed by atoms with Gasteiger partial charge in [0.15, 0.2) is 5.78 Å². The standard InChI is InChI=1S/C21H28O4/c1-12-13-4-5-15-14(10-13)19(24)25-11-21(15)17(7-6-16(12)22)20(2,3)9-8-18(21)23/h13,17-18,23H,1,4-11H2,2-3H3/t13-,17-,18?,21+/m1/s1. The van der Waals surface area contributed by atoms with Crippen molar-refractivity contribution in [3.05, 3.63) is 23.3 Å². The van der Waals surface area contributed by atoms with Gasteiger partial charge in [-0.1, -0.05) is 20.4 Å². The Morgan fingerprint density at radius 2 is 1.92 bits per heavy atom. The Balaban J connectivity index is 1.93. The van der Waals surface area contributed by atoms with Crippen molar-refractivity contribution in [2.75, 3.05) is 6.61 Å². The molecule has 5 rings (SSSR count). The van der Waals surface area contributed by atoms with Gasteiger partial charge in [-0.25, -0.2) is 4.79 Å². The molecule has 0 aromatic rings. The number of hydrogen-bond acceptors (Lipinski definition) is 4. The van der Waals surface area contributed by atoms with Crippen LogP contribution in [-0.4, -0.2) is 29.6 Å². The third-order valence-corrected chi connectivity index (χ3v) is 7.54. The average molecular weight is 344 g/mol. The molecule has 0 aromatic carbocycles. The lowest BCUT2D eigenvalue weighted by Crippen LogP contribution is -2.58. The normalized spacial score (nSPS) is 40.6. The number of ketones is 1. The van der Waals surface area contributed by atoms with E-state index in [1.807, 2.05) is 0 Å². The highest BCUT2D eigenvalue weighted by molar-refractivity contribution is 5.96. The Hall–Kier alpha value is -1.42.